The Morgan fingerprint density at radius 1 is 1.14 bits per heavy atom. The molecule has 2 heterocycles. The third-order valence-electron chi connectivity index (χ3n) is 9.91. The molecule has 1 aliphatic heterocycles. The Morgan fingerprint density at radius 3 is 2.53 bits per heavy atom. The Labute approximate surface area is 260 Å². The van der Waals surface area contributed by atoms with E-state index in [-0.39, 0.29) is 11.5 Å². The van der Waals surface area contributed by atoms with Crippen molar-refractivity contribution < 1.29 is 9.53 Å². The van der Waals surface area contributed by atoms with Crippen LogP contribution in [0, 0.1) is 34.5 Å². The second-order valence-corrected chi connectivity index (χ2v) is 14.7. The summed E-state index contributed by atoms with van der Waals surface area (Å²) in [5, 5.41) is 21.4. The van der Waals surface area contributed by atoms with Crippen LogP contribution in [0.4, 0.5) is 16.6 Å². The maximum atomic E-state index is 12.5. The summed E-state index contributed by atoms with van der Waals surface area (Å²) in [5.41, 5.74) is 1.21. The number of nitriles is 1. The predicted octanol–water partition coefficient (Wildman–Crippen LogP) is 6.21. The Bertz CT molecular complexity index is 1350. The van der Waals surface area contributed by atoms with E-state index in [1.54, 1.807) is 6.20 Å². The molecule has 4 aliphatic carbocycles. The lowest BCUT2D eigenvalue weighted by Gasteiger charge is -2.61. The number of anilines is 2. The van der Waals surface area contributed by atoms with Crippen LogP contribution < -0.4 is 16.0 Å². The summed E-state index contributed by atoms with van der Waals surface area (Å²) in [6.07, 6.45) is 9.61. The number of halogens is 1. The van der Waals surface area contributed by atoms with Gasteiger partial charge in [-0.1, -0.05) is 29.8 Å². The molecular formula is C33H44ClN7O2. The van der Waals surface area contributed by atoms with Gasteiger partial charge in [0.05, 0.1) is 6.20 Å². The zero-order valence-corrected chi connectivity index (χ0v) is 26.3. The Morgan fingerprint density at radius 2 is 1.86 bits per heavy atom. The molecule has 230 valence electrons. The summed E-state index contributed by atoms with van der Waals surface area (Å²) >= 11 is 6.31. The Kier molecular flexibility index (Phi) is 8.45. The van der Waals surface area contributed by atoms with Crippen LogP contribution in [0.15, 0.2) is 30.5 Å². The lowest BCUT2D eigenvalue weighted by atomic mass is 9.48. The van der Waals surface area contributed by atoms with E-state index in [4.69, 9.17) is 16.3 Å². The van der Waals surface area contributed by atoms with Crippen molar-refractivity contribution in [3.8, 4) is 6.07 Å². The quantitative estimate of drug-likeness (QED) is 0.325. The first-order valence-electron chi connectivity index (χ1n) is 15.8. The molecule has 5 aliphatic rings. The molecule has 5 atom stereocenters. The molecule has 10 heteroatoms. The third-order valence-corrected chi connectivity index (χ3v) is 10.3. The van der Waals surface area contributed by atoms with Gasteiger partial charge < -0.3 is 25.6 Å². The van der Waals surface area contributed by atoms with E-state index in [0.29, 0.717) is 52.8 Å². The van der Waals surface area contributed by atoms with Gasteiger partial charge in [-0.05, 0) is 101 Å². The largest absolute Gasteiger partial charge is 0.444 e. The van der Waals surface area contributed by atoms with Crippen LogP contribution in [0.1, 0.15) is 76.8 Å². The first-order chi connectivity index (χ1) is 20.6. The molecule has 7 rings (SSSR count). The fourth-order valence-corrected chi connectivity index (χ4v) is 8.48. The zero-order chi connectivity index (χ0) is 30.2. The molecule has 4 bridgehead atoms. The van der Waals surface area contributed by atoms with Crippen LogP contribution in [-0.4, -0.2) is 58.3 Å². The molecule has 1 saturated heterocycles. The number of piperidine rings is 1. The number of carbonyl (C=O) groups is 1. The van der Waals surface area contributed by atoms with Gasteiger partial charge >= 0.3 is 6.09 Å². The lowest BCUT2D eigenvalue weighted by Crippen LogP contribution is -2.62. The number of carbonyl (C=O) groups excluding carboxylic acids is 1. The highest BCUT2D eigenvalue weighted by Crippen LogP contribution is 2.60. The van der Waals surface area contributed by atoms with Crippen LogP contribution in [0.5, 0.6) is 0 Å². The van der Waals surface area contributed by atoms with E-state index < -0.39 is 5.60 Å². The van der Waals surface area contributed by atoms with Crippen LogP contribution >= 0.6 is 11.6 Å². The standard InChI is InChI=1S/C33H44ClN7O2/c1-32(2,3)43-31(42)41-10-8-26(9-11-41)39-28-23-12-21-13-24(28)16-33(14-21,15-23)20-38-29-25(17-35)19-37-30(40-29)36-18-22-6-4-5-7-27(22)34/h4-7,19,21,23-24,26,28,39H,8-16,18,20H2,1-3H3,(H2,36,37,38,40)/t21?,23-,24+,28?,33?. The first-order valence-corrected chi connectivity index (χ1v) is 16.2. The number of nitrogens with one attached hydrogen (secondary N) is 3. The van der Waals surface area contributed by atoms with Gasteiger partial charge in [0.2, 0.25) is 5.95 Å². The van der Waals surface area contributed by atoms with Gasteiger partial charge in [-0.25, -0.2) is 9.78 Å². The number of likely N-dealkylation sites (tertiary alicyclic amines) is 1. The van der Waals surface area contributed by atoms with Crippen molar-refractivity contribution in [2.24, 2.45) is 23.2 Å². The van der Waals surface area contributed by atoms with Crippen molar-refractivity contribution in [2.75, 3.05) is 30.3 Å². The molecule has 1 aromatic carbocycles. The van der Waals surface area contributed by atoms with Gasteiger partial charge in [0.25, 0.3) is 0 Å². The summed E-state index contributed by atoms with van der Waals surface area (Å²) in [4.78, 5) is 23.4. The topological polar surface area (TPSA) is 115 Å². The normalized spacial score (nSPS) is 28.4. The van der Waals surface area contributed by atoms with Gasteiger partial charge in [-0.3, -0.25) is 0 Å². The number of hydrogen-bond donors (Lipinski definition) is 3. The van der Waals surface area contributed by atoms with Crippen LogP contribution in [0.25, 0.3) is 0 Å². The lowest BCUT2D eigenvalue weighted by molar-refractivity contribution is -0.0735. The Balaban J connectivity index is 1.05. The van der Waals surface area contributed by atoms with Gasteiger partial charge in [0, 0.05) is 43.3 Å². The number of hydrogen-bond acceptors (Lipinski definition) is 8. The summed E-state index contributed by atoms with van der Waals surface area (Å²) in [5.74, 6) is 3.20. The van der Waals surface area contributed by atoms with Crippen molar-refractivity contribution >= 4 is 29.5 Å². The smallest absolute Gasteiger partial charge is 0.410 e. The molecule has 43 heavy (non-hydrogen) atoms. The van der Waals surface area contributed by atoms with Gasteiger partial charge in [0.1, 0.15) is 23.1 Å². The zero-order valence-electron chi connectivity index (χ0n) is 25.5. The SMILES string of the molecule is CC(C)(C)OC(=O)N1CCC(NC2[C@@H]3CC4C[C@H]2CC(CNc2nc(NCc5ccccc5Cl)ncc2C#N)(C4)C3)CC1. The highest BCUT2D eigenvalue weighted by atomic mass is 35.5. The predicted molar refractivity (Wildman–Crippen MR) is 168 cm³/mol. The average molecular weight is 606 g/mol. The number of rotatable bonds is 8. The van der Waals surface area contributed by atoms with E-state index in [2.05, 4.69) is 32.0 Å². The molecule has 0 radical (unpaired) electrons. The molecule has 3 unspecified atom stereocenters. The van der Waals surface area contributed by atoms with Gasteiger partial charge in [0.15, 0.2) is 0 Å². The molecule has 4 saturated carbocycles. The fraction of sp³-hybridized carbons (Fsp3) is 0.636. The average Bonchev–Trinajstić information content (AvgIpc) is 2.97. The van der Waals surface area contributed by atoms with E-state index in [1.807, 2.05) is 49.9 Å². The van der Waals surface area contributed by atoms with Gasteiger partial charge in [-0.2, -0.15) is 10.2 Å². The van der Waals surface area contributed by atoms with E-state index >= 15 is 0 Å². The number of amides is 1. The Hall–Kier alpha value is -3.09. The minimum Gasteiger partial charge on any atom is -0.444 e. The van der Waals surface area contributed by atoms with Crippen LogP contribution in [0.3, 0.4) is 0 Å². The molecule has 2 aromatic rings. The van der Waals surface area contributed by atoms with Crippen molar-refractivity contribution in [1.29, 1.82) is 5.26 Å². The van der Waals surface area contributed by atoms with Crippen molar-refractivity contribution in [2.45, 2.75) is 89.9 Å². The maximum absolute atomic E-state index is 12.5. The number of benzene rings is 1. The minimum atomic E-state index is -0.461. The number of nitrogens with zero attached hydrogens (tertiary/aromatic N) is 4. The molecule has 5 fully saturated rings. The molecule has 1 amide bonds. The maximum Gasteiger partial charge on any atom is 0.410 e. The van der Waals surface area contributed by atoms with Crippen molar-refractivity contribution in [3.63, 3.8) is 0 Å². The van der Waals surface area contributed by atoms with Crippen LogP contribution in [0.2, 0.25) is 5.02 Å². The minimum absolute atomic E-state index is 0.193. The summed E-state index contributed by atoms with van der Waals surface area (Å²) in [7, 11) is 0. The number of aromatic nitrogens is 2. The van der Waals surface area contributed by atoms with E-state index in [1.165, 1.54) is 32.1 Å². The van der Waals surface area contributed by atoms with E-state index in [9.17, 15) is 10.1 Å². The summed E-state index contributed by atoms with van der Waals surface area (Å²) in [6, 6.07) is 11.0. The molecule has 1 aromatic heterocycles. The molecular weight excluding hydrogens is 562 g/mol. The van der Waals surface area contributed by atoms with Crippen molar-refractivity contribution in [3.05, 3.63) is 46.6 Å². The second kappa shape index (κ2) is 12.1. The van der Waals surface area contributed by atoms with Crippen molar-refractivity contribution in [1.82, 2.24) is 20.2 Å². The molecule has 0 spiro atoms. The monoisotopic (exact) mass is 605 g/mol. The van der Waals surface area contributed by atoms with Crippen LogP contribution in [-0.2, 0) is 11.3 Å². The second-order valence-electron chi connectivity index (χ2n) is 14.3. The molecule has 9 nitrogen and oxygen atoms in total. The highest BCUT2D eigenvalue weighted by Gasteiger charge is 2.55. The highest BCUT2D eigenvalue weighted by molar-refractivity contribution is 6.31. The summed E-state index contributed by atoms with van der Waals surface area (Å²) < 4.78 is 5.59. The first kappa shape index (κ1) is 30.0. The fourth-order valence-electron chi connectivity index (χ4n) is 8.28. The number of ether oxygens (including phenoxy) is 1. The third kappa shape index (κ3) is 6.86. The summed E-state index contributed by atoms with van der Waals surface area (Å²) in [6.45, 7) is 8.59. The van der Waals surface area contributed by atoms with E-state index in [0.717, 1.165) is 44.0 Å². The van der Waals surface area contributed by atoms with Gasteiger partial charge in [-0.15, -0.1) is 0 Å². The molecule has 3 N–H and O–H groups in total.